The number of hydrogen-bond donors (Lipinski definition) is 2. The molecule has 2 aliphatic heterocycles. The van der Waals surface area contributed by atoms with Gasteiger partial charge in [0.05, 0.1) is 36.6 Å². The number of nitrogens with zero attached hydrogens (tertiary/aromatic N) is 3. The Bertz CT molecular complexity index is 1340. The maximum atomic E-state index is 12.4. The lowest BCUT2D eigenvalue weighted by molar-refractivity contribution is -0.287. The molecule has 2 N–H and O–H groups in total. The molecule has 0 bridgehead atoms. The normalized spacial score (nSPS) is 45.9. The first-order valence-electron chi connectivity index (χ1n) is 20.1. The van der Waals surface area contributed by atoms with E-state index in [1.54, 1.807) is 0 Å². The van der Waals surface area contributed by atoms with Crippen molar-refractivity contribution in [2.75, 3.05) is 13.2 Å². The first-order chi connectivity index (χ1) is 24.5. The van der Waals surface area contributed by atoms with Crippen LogP contribution in [0.15, 0.2) is 27.2 Å². The van der Waals surface area contributed by atoms with E-state index in [2.05, 4.69) is 56.2 Å². The Balaban J connectivity index is 1.17. The first-order valence-corrected chi connectivity index (χ1v) is 20.1. The Morgan fingerprint density at radius 2 is 1.69 bits per heavy atom. The highest BCUT2D eigenvalue weighted by Crippen LogP contribution is 2.74. The molecule has 6 aliphatic rings. The van der Waals surface area contributed by atoms with Gasteiger partial charge in [0.2, 0.25) is 0 Å². The second-order valence-corrected chi connectivity index (χ2v) is 19.3. The zero-order valence-corrected chi connectivity index (χ0v) is 32.6. The molecule has 5 fully saturated rings. The Morgan fingerprint density at radius 3 is 2.38 bits per heavy atom. The van der Waals surface area contributed by atoms with Gasteiger partial charge in [-0.3, -0.25) is 0 Å². The second-order valence-electron chi connectivity index (χ2n) is 19.3. The van der Waals surface area contributed by atoms with Gasteiger partial charge in [-0.25, -0.2) is 0 Å². The summed E-state index contributed by atoms with van der Waals surface area (Å²) in [6.07, 6.45) is 10.3. The van der Waals surface area contributed by atoms with Crippen LogP contribution >= 0.6 is 0 Å². The summed E-state index contributed by atoms with van der Waals surface area (Å²) in [5, 5.41) is 29.8. The number of allylic oxidation sites excluding steroid dienone is 1. The number of aliphatic hydroxyl groups excluding tert-OH is 1. The van der Waals surface area contributed by atoms with Gasteiger partial charge in [0.25, 0.3) is 0 Å². The highest BCUT2D eigenvalue weighted by molar-refractivity contribution is 5.30. The third kappa shape index (κ3) is 7.22. The molecule has 0 aromatic heterocycles. The van der Waals surface area contributed by atoms with Gasteiger partial charge in [0.15, 0.2) is 18.6 Å². The van der Waals surface area contributed by atoms with Gasteiger partial charge in [0, 0.05) is 18.3 Å². The highest BCUT2D eigenvalue weighted by atomic mass is 16.7. The summed E-state index contributed by atoms with van der Waals surface area (Å²) < 4.78 is 24.7. The minimum absolute atomic E-state index is 0.0202. The van der Waals surface area contributed by atoms with Gasteiger partial charge in [0.1, 0.15) is 12.6 Å². The fraction of sp³-hybridized carbons (Fsp3) is 0.950. The van der Waals surface area contributed by atoms with Crippen molar-refractivity contribution in [3.8, 4) is 0 Å². The van der Waals surface area contributed by atoms with Crippen LogP contribution < -0.4 is 0 Å². The van der Waals surface area contributed by atoms with Crippen LogP contribution in [0.5, 0.6) is 0 Å². The molecule has 14 atom stereocenters. The van der Waals surface area contributed by atoms with Gasteiger partial charge in [-0.2, -0.15) is 14.7 Å². The van der Waals surface area contributed by atoms with Gasteiger partial charge >= 0.3 is 0 Å². The molecule has 4 aliphatic carbocycles. The van der Waals surface area contributed by atoms with Crippen LogP contribution in [0.2, 0.25) is 0 Å². The van der Waals surface area contributed by atoms with Crippen molar-refractivity contribution in [3.05, 3.63) is 26.4 Å². The molecule has 3 unspecified atom stereocenters. The zero-order valence-electron chi connectivity index (χ0n) is 32.6. The van der Waals surface area contributed by atoms with E-state index in [1.807, 2.05) is 13.8 Å². The van der Waals surface area contributed by atoms with E-state index >= 15 is 0 Å². The maximum absolute atomic E-state index is 12.4. The molecule has 0 radical (unpaired) electrons. The van der Waals surface area contributed by atoms with E-state index in [0.29, 0.717) is 17.3 Å². The Morgan fingerprint density at radius 1 is 0.923 bits per heavy atom. The van der Waals surface area contributed by atoms with Crippen LogP contribution in [0, 0.1) is 54.1 Å². The Hall–Kier alpha value is -1.70. The fourth-order valence-electron chi connectivity index (χ4n) is 12.2. The number of fused-ring (bicyclic) bond motifs is 5. The Kier molecular flexibility index (Phi) is 11.6. The predicted molar refractivity (Wildman–Crippen MR) is 197 cm³/mol. The molecular weight excluding hydrogens is 666 g/mol. The predicted octanol–water partition coefficient (Wildman–Crippen LogP) is 7.95. The highest BCUT2D eigenvalue weighted by Gasteiger charge is 2.67. The number of ether oxygens (including phenoxy) is 4. The van der Waals surface area contributed by atoms with Crippen molar-refractivity contribution in [2.45, 2.75) is 187 Å². The largest absolute Gasteiger partial charge is 0.391 e. The molecular formula is C40H65N3O9. The average Bonchev–Trinajstić information content (AvgIpc) is 3.34. The lowest BCUT2D eigenvalue weighted by atomic mass is 9.39. The standard InChI is InChI=1S/C40H65N3O9/c1-36(2,45)16-9-8-10-24-15-17-40(7)31-13-11-27-28(38(31,5)18-19-39(24,40)6)12-14-32(37(27,3)4)52-35-33(43-48)30(21-26(50-35)22-41-46)51-34-29(42-47)20-25(44)23-49-34/h11,24-26,28-35,44-45H,8-10,12-23H2,1-7H3/t24?,25-,26-,28?,29+,30-,31?,32-,33+,34-,35-,38-,39+,40-/m0/s1. The number of aliphatic hydroxyl groups is 2. The van der Waals surface area contributed by atoms with Crippen molar-refractivity contribution in [2.24, 2.45) is 54.9 Å². The quantitative estimate of drug-likeness (QED) is 0.109. The summed E-state index contributed by atoms with van der Waals surface area (Å²) in [5.74, 6) is 1.78. The molecule has 2 saturated heterocycles. The molecule has 0 aromatic carbocycles. The van der Waals surface area contributed by atoms with Gasteiger partial charge < -0.3 is 29.2 Å². The summed E-state index contributed by atoms with van der Waals surface area (Å²) in [4.78, 5) is 35.4. The van der Waals surface area contributed by atoms with Crippen molar-refractivity contribution >= 4 is 0 Å². The number of nitroso groups, excluding NO2 is 3. The maximum Gasteiger partial charge on any atom is 0.186 e. The van der Waals surface area contributed by atoms with Gasteiger partial charge in [-0.1, -0.05) is 74.6 Å². The van der Waals surface area contributed by atoms with Crippen LogP contribution in [0.3, 0.4) is 0 Å². The topological polar surface area (TPSA) is 166 Å². The van der Waals surface area contributed by atoms with Crippen LogP contribution in [-0.2, 0) is 18.9 Å². The number of hydrogen-bond acceptors (Lipinski definition) is 12. The smallest absolute Gasteiger partial charge is 0.186 e. The molecule has 12 heteroatoms. The second kappa shape index (κ2) is 15.1. The van der Waals surface area contributed by atoms with E-state index in [9.17, 15) is 24.9 Å². The minimum atomic E-state index is -1.07. The van der Waals surface area contributed by atoms with Gasteiger partial charge in [-0.15, -0.1) is 0 Å². The van der Waals surface area contributed by atoms with Gasteiger partial charge in [-0.05, 0) is 106 Å². The average molecular weight is 732 g/mol. The fourth-order valence-corrected chi connectivity index (χ4v) is 12.2. The van der Waals surface area contributed by atoms with Crippen LogP contribution in [-0.4, -0.2) is 78.0 Å². The van der Waals surface area contributed by atoms with E-state index in [-0.39, 0.29) is 48.3 Å². The summed E-state index contributed by atoms with van der Waals surface area (Å²) in [5.41, 5.74) is 1.28. The van der Waals surface area contributed by atoms with E-state index in [4.69, 9.17) is 18.9 Å². The molecule has 294 valence electrons. The summed E-state index contributed by atoms with van der Waals surface area (Å²) in [6.45, 7) is 15.9. The van der Waals surface area contributed by atoms with Crippen molar-refractivity contribution in [1.82, 2.24) is 0 Å². The van der Waals surface area contributed by atoms with Crippen molar-refractivity contribution in [1.29, 1.82) is 0 Å². The van der Waals surface area contributed by atoms with Crippen LogP contribution in [0.4, 0.5) is 0 Å². The zero-order chi connectivity index (χ0) is 37.7. The number of unbranched alkanes of at least 4 members (excludes halogenated alkanes) is 1. The van der Waals surface area contributed by atoms with Crippen LogP contribution in [0.1, 0.15) is 132 Å². The third-order valence-electron chi connectivity index (χ3n) is 15.5. The lowest BCUT2D eigenvalue weighted by Crippen LogP contribution is -2.59. The van der Waals surface area contributed by atoms with Crippen molar-refractivity contribution < 1.29 is 29.2 Å². The molecule has 2 heterocycles. The summed E-state index contributed by atoms with van der Waals surface area (Å²) in [7, 11) is 0. The SMILES string of the molecule is CC(C)(O)CCCCC1CC[C@@]2(C)C3CC=C4C(CC[C@H](O[C@@H]5O[C@H](CN=O)C[C@H](O[C@@H]6OC[C@@H](O)C[C@H]6N=O)[C@H]5N=O)C4(C)C)[C@]3(C)CC[C@]12C. The van der Waals surface area contributed by atoms with Crippen LogP contribution in [0.25, 0.3) is 0 Å². The molecule has 6 rings (SSSR count). The van der Waals surface area contributed by atoms with E-state index < -0.39 is 48.6 Å². The van der Waals surface area contributed by atoms with Crippen molar-refractivity contribution in [3.63, 3.8) is 0 Å². The molecule has 0 aromatic rings. The first kappa shape index (κ1) is 40.0. The molecule has 12 nitrogen and oxygen atoms in total. The molecule has 0 amide bonds. The summed E-state index contributed by atoms with van der Waals surface area (Å²) >= 11 is 0. The lowest BCUT2D eigenvalue weighted by Gasteiger charge is -2.66. The monoisotopic (exact) mass is 731 g/mol. The summed E-state index contributed by atoms with van der Waals surface area (Å²) in [6, 6.07) is -2.01. The number of rotatable bonds is 13. The molecule has 0 spiro atoms. The molecule has 3 saturated carbocycles. The van der Waals surface area contributed by atoms with E-state index in [1.165, 1.54) is 44.1 Å². The Labute approximate surface area is 309 Å². The third-order valence-corrected chi connectivity index (χ3v) is 15.5. The van der Waals surface area contributed by atoms with E-state index in [0.717, 1.165) is 38.0 Å². The minimum Gasteiger partial charge on any atom is -0.391 e. The molecule has 52 heavy (non-hydrogen) atoms.